The van der Waals surface area contributed by atoms with Gasteiger partial charge >= 0.3 is 0 Å². The Labute approximate surface area is 170 Å². The Kier molecular flexibility index (Phi) is 6.41. The summed E-state index contributed by atoms with van der Waals surface area (Å²) in [6.07, 6.45) is 4.23. The first-order valence-electron chi connectivity index (χ1n) is 9.94. The van der Waals surface area contributed by atoms with E-state index in [9.17, 15) is 0 Å². The number of rotatable bonds is 5. The molecule has 0 fully saturated rings. The summed E-state index contributed by atoms with van der Waals surface area (Å²) in [7, 11) is 0. The second-order valence-corrected chi connectivity index (χ2v) is 10.1. The number of pyridine rings is 2. The van der Waals surface area contributed by atoms with Crippen molar-refractivity contribution in [3.8, 4) is 0 Å². The Balaban J connectivity index is 2.22. The van der Waals surface area contributed by atoms with E-state index in [4.69, 9.17) is 16.6 Å². The van der Waals surface area contributed by atoms with E-state index in [1.54, 1.807) is 0 Å². The van der Waals surface area contributed by atoms with Gasteiger partial charge in [-0.2, -0.15) is 0 Å². The molecule has 2 aromatic heterocycles. The van der Waals surface area contributed by atoms with Crippen molar-refractivity contribution in [3.63, 3.8) is 0 Å². The van der Waals surface area contributed by atoms with Crippen molar-refractivity contribution >= 4 is 11.6 Å². The normalized spacial score (nSPS) is 13.7. The van der Waals surface area contributed by atoms with Crippen molar-refractivity contribution < 1.29 is 0 Å². The Morgan fingerprint density at radius 1 is 1.00 bits per heavy atom. The average Bonchev–Trinajstić information content (AvgIpc) is 2.55. The third kappa shape index (κ3) is 5.10. The van der Waals surface area contributed by atoms with Crippen LogP contribution < -0.4 is 0 Å². The predicted octanol–water partition coefficient (Wildman–Crippen LogP) is 7.21. The fourth-order valence-electron chi connectivity index (χ4n) is 3.69. The van der Waals surface area contributed by atoms with Crippen molar-refractivity contribution in [2.45, 2.75) is 91.9 Å². The average molecular weight is 387 g/mol. The number of halogens is 1. The lowest BCUT2D eigenvalue weighted by molar-refractivity contribution is 0.425. The van der Waals surface area contributed by atoms with E-state index >= 15 is 0 Å². The maximum atomic E-state index is 6.24. The zero-order chi connectivity index (χ0) is 20.6. The second kappa shape index (κ2) is 7.91. The van der Waals surface area contributed by atoms with Crippen molar-refractivity contribution in [3.05, 3.63) is 57.1 Å². The molecule has 0 aliphatic carbocycles. The predicted molar refractivity (Wildman–Crippen MR) is 117 cm³/mol. The molecule has 0 aromatic carbocycles. The molecule has 0 radical (unpaired) electrons. The van der Waals surface area contributed by atoms with Crippen LogP contribution in [0.1, 0.15) is 94.1 Å². The summed E-state index contributed by atoms with van der Waals surface area (Å²) in [5, 5.41) is 0.752. The molecule has 1 atom stereocenters. The summed E-state index contributed by atoms with van der Waals surface area (Å²) < 4.78 is 0. The van der Waals surface area contributed by atoms with Gasteiger partial charge in [0, 0.05) is 28.4 Å². The molecule has 0 aliphatic heterocycles. The molecule has 0 bridgehead atoms. The van der Waals surface area contributed by atoms with Gasteiger partial charge in [0.15, 0.2) is 0 Å². The summed E-state index contributed by atoms with van der Waals surface area (Å²) in [4.78, 5) is 9.47. The molecule has 0 saturated carbocycles. The number of nitrogens with zero attached hydrogens (tertiary/aromatic N) is 2. The molecule has 3 heteroatoms. The van der Waals surface area contributed by atoms with Gasteiger partial charge in [-0.25, -0.2) is 0 Å². The van der Waals surface area contributed by atoms with Gasteiger partial charge in [-0.3, -0.25) is 9.97 Å². The van der Waals surface area contributed by atoms with Crippen LogP contribution in [0, 0.1) is 20.8 Å². The largest absolute Gasteiger partial charge is 0.260 e. The zero-order valence-corrected chi connectivity index (χ0v) is 19.3. The van der Waals surface area contributed by atoms with Crippen LogP contribution in [0.2, 0.25) is 5.02 Å². The monoisotopic (exact) mass is 386 g/mol. The summed E-state index contributed by atoms with van der Waals surface area (Å²) in [5.41, 5.74) is 7.22. The van der Waals surface area contributed by atoms with Crippen LogP contribution in [-0.2, 0) is 10.8 Å². The molecule has 0 saturated heterocycles. The topological polar surface area (TPSA) is 25.8 Å². The molecule has 148 valence electrons. The Hall–Kier alpha value is -1.41. The van der Waals surface area contributed by atoms with E-state index < -0.39 is 0 Å². The zero-order valence-electron chi connectivity index (χ0n) is 18.5. The first-order chi connectivity index (χ1) is 12.3. The highest BCUT2D eigenvalue weighted by Gasteiger charge is 2.26. The van der Waals surface area contributed by atoms with Crippen molar-refractivity contribution in [2.24, 2.45) is 0 Å². The standard InChI is InChI=1S/C24H35ClN2/c1-15(19-13-21(23(5,6)7)26-14-17(19)3)10-11-24(8,9)22-16(2)12-20(25)18(4)27-22/h12-15H,10-11H2,1-9H3. The fourth-order valence-corrected chi connectivity index (χ4v) is 3.89. The summed E-state index contributed by atoms with van der Waals surface area (Å²) >= 11 is 6.24. The molecule has 2 heterocycles. The quantitative estimate of drug-likeness (QED) is 0.542. The van der Waals surface area contributed by atoms with Gasteiger partial charge in [0.25, 0.3) is 0 Å². The van der Waals surface area contributed by atoms with Crippen LogP contribution in [0.3, 0.4) is 0 Å². The molecule has 0 aliphatic rings. The maximum Gasteiger partial charge on any atom is 0.0621 e. The Morgan fingerprint density at radius 2 is 1.63 bits per heavy atom. The molecular formula is C24H35ClN2. The van der Waals surface area contributed by atoms with E-state index in [0.29, 0.717) is 5.92 Å². The number of hydrogen-bond donors (Lipinski definition) is 0. The molecule has 2 nitrogen and oxygen atoms in total. The third-order valence-corrected chi connectivity index (χ3v) is 6.01. The van der Waals surface area contributed by atoms with E-state index in [0.717, 1.165) is 23.6 Å². The van der Waals surface area contributed by atoms with Crippen LogP contribution in [0.5, 0.6) is 0 Å². The SMILES string of the molecule is Cc1cnc(C(C)(C)C)cc1C(C)CCC(C)(C)c1nc(C)c(Cl)cc1C. The van der Waals surface area contributed by atoms with Crippen LogP contribution in [-0.4, -0.2) is 9.97 Å². The summed E-state index contributed by atoms with van der Waals surface area (Å²) in [5.74, 6) is 0.488. The lowest BCUT2D eigenvalue weighted by atomic mass is 9.78. The molecule has 2 rings (SSSR count). The highest BCUT2D eigenvalue weighted by Crippen LogP contribution is 2.36. The highest BCUT2D eigenvalue weighted by atomic mass is 35.5. The van der Waals surface area contributed by atoms with Crippen LogP contribution in [0.15, 0.2) is 18.3 Å². The van der Waals surface area contributed by atoms with Gasteiger partial charge in [-0.05, 0) is 68.4 Å². The van der Waals surface area contributed by atoms with Crippen LogP contribution in [0.25, 0.3) is 0 Å². The van der Waals surface area contributed by atoms with Crippen molar-refractivity contribution in [1.82, 2.24) is 9.97 Å². The summed E-state index contributed by atoms with van der Waals surface area (Å²) in [6.45, 7) is 19.9. The van der Waals surface area contributed by atoms with Gasteiger partial charge in [-0.15, -0.1) is 0 Å². The first kappa shape index (κ1) is 21.9. The Morgan fingerprint density at radius 3 is 2.22 bits per heavy atom. The van der Waals surface area contributed by atoms with Crippen LogP contribution in [0.4, 0.5) is 0 Å². The van der Waals surface area contributed by atoms with Gasteiger partial charge in [-0.1, -0.05) is 53.1 Å². The van der Waals surface area contributed by atoms with E-state index in [1.165, 1.54) is 28.1 Å². The molecule has 0 spiro atoms. The van der Waals surface area contributed by atoms with Crippen molar-refractivity contribution in [1.29, 1.82) is 0 Å². The molecule has 27 heavy (non-hydrogen) atoms. The minimum atomic E-state index is 0.0154. The van der Waals surface area contributed by atoms with Crippen molar-refractivity contribution in [2.75, 3.05) is 0 Å². The van der Waals surface area contributed by atoms with Gasteiger partial charge < -0.3 is 0 Å². The molecular weight excluding hydrogens is 352 g/mol. The molecule has 0 amide bonds. The summed E-state index contributed by atoms with van der Waals surface area (Å²) in [6, 6.07) is 4.36. The highest BCUT2D eigenvalue weighted by molar-refractivity contribution is 6.31. The van der Waals surface area contributed by atoms with Gasteiger partial charge in [0.2, 0.25) is 0 Å². The maximum absolute atomic E-state index is 6.24. The number of hydrogen-bond acceptors (Lipinski definition) is 2. The molecule has 1 unspecified atom stereocenters. The first-order valence-corrected chi connectivity index (χ1v) is 10.3. The third-order valence-electron chi connectivity index (χ3n) is 5.63. The van der Waals surface area contributed by atoms with E-state index in [-0.39, 0.29) is 10.8 Å². The smallest absolute Gasteiger partial charge is 0.0621 e. The van der Waals surface area contributed by atoms with E-state index in [1.807, 2.05) is 19.2 Å². The lowest BCUT2D eigenvalue weighted by Gasteiger charge is -2.29. The van der Waals surface area contributed by atoms with E-state index in [2.05, 4.69) is 66.4 Å². The molecule has 2 aromatic rings. The fraction of sp³-hybridized carbons (Fsp3) is 0.583. The minimum absolute atomic E-state index is 0.0154. The minimum Gasteiger partial charge on any atom is -0.260 e. The molecule has 0 N–H and O–H groups in total. The number of aromatic nitrogens is 2. The second-order valence-electron chi connectivity index (χ2n) is 9.72. The van der Waals surface area contributed by atoms with Crippen LogP contribution >= 0.6 is 11.6 Å². The Bertz CT molecular complexity index is 816. The van der Waals surface area contributed by atoms with Gasteiger partial charge in [0.05, 0.1) is 10.7 Å². The number of aryl methyl sites for hydroxylation is 3. The lowest BCUT2D eigenvalue weighted by Crippen LogP contribution is -2.22. The van der Waals surface area contributed by atoms with Gasteiger partial charge in [0.1, 0.15) is 0 Å².